The molecule has 2 aromatic carbocycles. The predicted octanol–water partition coefficient (Wildman–Crippen LogP) is 3.30. The molecule has 0 aliphatic carbocycles. The molecule has 0 aliphatic rings. The number of hydrogen-bond acceptors (Lipinski definition) is 3. The molecule has 5 aromatic rings. The van der Waals surface area contributed by atoms with Crippen LogP contribution in [0.5, 0.6) is 0 Å². The van der Waals surface area contributed by atoms with Crippen molar-refractivity contribution in [2.24, 2.45) is 7.05 Å². The Kier molecular flexibility index (Phi) is 4.62. The highest BCUT2D eigenvalue weighted by atomic mass is 19.1. The first-order valence-corrected chi connectivity index (χ1v) is 10.1. The van der Waals surface area contributed by atoms with Gasteiger partial charge in [0.1, 0.15) is 5.82 Å². The lowest BCUT2D eigenvalue weighted by Crippen LogP contribution is -2.39. The van der Waals surface area contributed by atoms with Gasteiger partial charge in [0, 0.05) is 25.5 Å². The summed E-state index contributed by atoms with van der Waals surface area (Å²) in [4.78, 5) is 30.7. The van der Waals surface area contributed by atoms with Crippen LogP contribution in [-0.4, -0.2) is 23.1 Å². The van der Waals surface area contributed by atoms with Crippen molar-refractivity contribution >= 4 is 23.0 Å². The van der Waals surface area contributed by atoms with Crippen molar-refractivity contribution in [1.29, 1.82) is 0 Å². The molecule has 5 rings (SSSR count). The zero-order valence-electron chi connectivity index (χ0n) is 17.6. The average molecular weight is 429 g/mol. The molecule has 0 N–H and O–H groups in total. The number of aromatic nitrogens is 5. The van der Waals surface area contributed by atoms with E-state index < -0.39 is 17.1 Å². The standard InChI is InChI=1S/C24H20FN5O2/c1-16-15-29-20-21(26-23(29)30(16)19-13-7-6-12-18(19)25)27(2)24(32)28(22(20)31)14-8-11-17-9-4-3-5-10-17/h3-13,15H,14H2,1-2H3. The summed E-state index contributed by atoms with van der Waals surface area (Å²) >= 11 is 0. The second-order valence-corrected chi connectivity index (χ2v) is 7.58. The number of nitrogens with zero attached hydrogens (tertiary/aromatic N) is 5. The van der Waals surface area contributed by atoms with Gasteiger partial charge < -0.3 is 0 Å². The van der Waals surface area contributed by atoms with E-state index in [2.05, 4.69) is 4.98 Å². The summed E-state index contributed by atoms with van der Waals surface area (Å²) in [6, 6.07) is 16.0. The van der Waals surface area contributed by atoms with Crippen LogP contribution in [0.4, 0.5) is 4.39 Å². The summed E-state index contributed by atoms with van der Waals surface area (Å²) in [5.74, 6) is -0.0367. The van der Waals surface area contributed by atoms with Gasteiger partial charge in [-0.15, -0.1) is 0 Å². The number of para-hydroxylation sites is 1. The maximum Gasteiger partial charge on any atom is 0.332 e. The maximum absolute atomic E-state index is 14.5. The van der Waals surface area contributed by atoms with Crippen LogP contribution >= 0.6 is 0 Å². The number of hydrogen-bond donors (Lipinski definition) is 0. The van der Waals surface area contributed by atoms with Crippen molar-refractivity contribution in [3.8, 4) is 5.69 Å². The van der Waals surface area contributed by atoms with Gasteiger partial charge in [0.05, 0.1) is 5.69 Å². The highest BCUT2D eigenvalue weighted by Gasteiger charge is 2.21. The molecule has 160 valence electrons. The molecule has 0 radical (unpaired) electrons. The first-order chi connectivity index (χ1) is 15.5. The fourth-order valence-corrected chi connectivity index (χ4v) is 3.96. The van der Waals surface area contributed by atoms with Gasteiger partial charge in [0.25, 0.3) is 5.56 Å². The van der Waals surface area contributed by atoms with Gasteiger partial charge in [-0.05, 0) is 24.6 Å². The van der Waals surface area contributed by atoms with Gasteiger partial charge in [-0.2, -0.15) is 4.98 Å². The Morgan fingerprint density at radius 2 is 1.75 bits per heavy atom. The molecular weight excluding hydrogens is 409 g/mol. The van der Waals surface area contributed by atoms with E-state index in [4.69, 9.17) is 0 Å². The van der Waals surface area contributed by atoms with E-state index in [0.29, 0.717) is 17.2 Å². The Balaban J connectivity index is 1.71. The molecule has 7 nitrogen and oxygen atoms in total. The third kappa shape index (κ3) is 2.99. The quantitative estimate of drug-likeness (QED) is 0.440. The number of fused-ring (bicyclic) bond motifs is 3. The van der Waals surface area contributed by atoms with E-state index in [-0.39, 0.29) is 17.7 Å². The summed E-state index contributed by atoms with van der Waals surface area (Å²) in [6.07, 6.45) is 5.37. The minimum atomic E-state index is -0.463. The van der Waals surface area contributed by atoms with Crippen LogP contribution in [0.3, 0.4) is 0 Å². The third-order valence-corrected chi connectivity index (χ3v) is 5.52. The van der Waals surface area contributed by atoms with E-state index in [1.807, 2.05) is 43.3 Å². The van der Waals surface area contributed by atoms with Crippen LogP contribution < -0.4 is 11.2 Å². The minimum absolute atomic E-state index is 0.122. The lowest BCUT2D eigenvalue weighted by atomic mass is 10.2. The monoisotopic (exact) mass is 429 g/mol. The highest BCUT2D eigenvalue weighted by molar-refractivity contribution is 5.76. The smallest absolute Gasteiger partial charge is 0.280 e. The van der Waals surface area contributed by atoms with Crippen LogP contribution in [-0.2, 0) is 13.6 Å². The molecule has 3 heterocycles. The molecule has 0 fully saturated rings. The van der Waals surface area contributed by atoms with E-state index in [0.717, 1.165) is 5.56 Å². The van der Waals surface area contributed by atoms with Crippen molar-refractivity contribution in [2.45, 2.75) is 13.5 Å². The van der Waals surface area contributed by atoms with Crippen LogP contribution in [0.1, 0.15) is 11.3 Å². The highest BCUT2D eigenvalue weighted by Crippen LogP contribution is 2.22. The van der Waals surface area contributed by atoms with Gasteiger partial charge in [-0.25, -0.2) is 9.18 Å². The van der Waals surface area contributed by atoms with Crippen molar-refractivity contribution in [2.75, 3.05) is 0 Å². The summed E-state index contributed by atoms with van der Waals surface area (Å²) in [6.45, 7) is 1.94. The number of allylic oxidation sites excluding steroid dienone is 1. The molecule has 0 saturated carbocycles. The van der Waals surface area contributed by atoms with Crippen LogP contribution in [0.25, 0.3) is 28.7 Å². The second kappa shape index (κ2) is 7.49. The maximum atomic E-state index is 14.5. The molecule has 32 heavy (non-hydrogen) atoms. The normalized spacial score (nSPS) is 11.8. The Morgan fingerprint density at radius 3 is 2.50 bits per heavy atom. The predicted molar refractivity (Wildman–Crippen MR) is 122 cm³/mol. The van der Waals surface area contributed by atoms with Gasteiger partial charge in [0.15, 0.2) is 11.2 Å². The first-order valence-electron chi connectivity index (χ1n) is 10.1. The summed E-state index contributed by atoms with van der Waals surface area (Å²) in [7, 11) is 1.58. The van der Waals surface area contributed by atoms with Gasteiger partial charge in [-0.1, -0.05) is 54.6 Å². The molecule has 0 amide bonds. The molecule has 0 unspecified atom stereocenters. The largest absolute Gasteiger partial charge is 0.332 e. The van der Waals surface area contributed by atoms with Crippen molar-refractivity contribution in [1.82, 2.24) is 23.1 Å². The van der Waals surface area contributed by atoms with Gasteiger partial charge >= 0.3 is 5.69 Å². The van der Waals surface area contributed by atoms with Gasteiger partial charge in [-0.3, -0.25) is 22.9 Å². The van der Waals surface area contributed by atoms with Crippen molar-refractivity contribution in [3.05, 3.63) is 105 Å². The number of benzene rings is 2. The fourth-order valence-electron chi connectivity index (χ4n) is 3.96. The SMILES string of the molecule is Cc1cn2c3c(=O)n(CC=Cc4ccccc4)c(=O)n(C)c3nc2n1-c1ccccc1F. The first kappa shape index (κ1) is 19.7. The van der Waals surface area contributed by atoms with Crippen LogP contribution in [0.15, 0.2) is 76.5 Å². The van der Waals surface area contributed by atoms with E-state index in [9.17, 15) is 14.0 Å². The van der Waals surface area contributed by atoms with Crippen LogP contribution in [0.2, 0.25) is 0 Å². The average Bonchev–Trinajstić information content (AvgIpc) is 3.30. The Labute approximate surface area is 181 Å². The number of halogens is 1. The molecule has 8 heteroatoms. The Hall–Kier alpha value is -4.20. The van der Waals surface area contributed by atoms with E-state index >= 15 is 0 Å². The summed E-state index contributed by atoms with van der Waals surface area (Å²) in [5, 5.41) is 0. The summed E-state index contributed by atoms with van der Waals surface area (Å²) < 4.78 is 20.3. The molecule has 3 aromatic heterocycles. The number of imidazole rings is 2. The lowest BCUT2D eigenvalue weighted by Gasteiger charge is -2.07. The zero-order valence-corrected chi connectivity index (χ0v) is 17.6. The molecular formula is C24H20FN5O2. The summed E-state index contributed by atoms with van der Waals surface area (Å²) in [5.41, 5.74) is 1.63. The Bertz CT molecular complexity index is 1620. The molecule has 0 atom stereocenters. The van der Waals surface area contributed by atoms with Crippen molar-refractivity contribution in [3.63, 3.8) is 0 Å². The number of aryl methyl sites for hydroxylation is 2. The lowest BCUT2D eigenvalue weighted by molar-refractivity contribution is 0.618. The molecule has 0 aliphatic heterocycles. The second-order valence-electron chi connectivity index (χ2n) is 7.58. The topological polar surface area (TPSA) is 66.2 Å². The third-order valence-electron chi connectivity index (χ3n) is 5.52. The fraction of sp³-hybridized carbons (Fsp3) is 0.125. The molecule has 0 bridgehead atoms. The molecule has 0 saturated heterocycles. The van der Waals surface area contributed by atoms with Gasteiger partial charge in [0.2, 0.25) is 5.78 Å². The van der Waals surface area contributed by atoms with Crippen molar-refractivity contribution < 1.29 is 4.39 Å². The zero-order chi connectivity index (χ0) is 22.4. The van der Waals surface area contributed by atoms with E-state index in [1.165, 1.54) is 15.2 Å². The van der Waals surface area contributed by atoms with E-state index in [1.54, 1.807) is 46.5 Å². The minimum Gasteiger partial charge on any atom is -0.280 e. The Morgan fingerprint density at radius 1 is 1.03 bits per heavy atom. The van der Waals surface area contributed by atoms with Crippen LogP contribution in [0, 0.1) is 12.7 Å². The number of rotatable bonds is 4. The molecule has 0 spiro atoms.